The average Bonchev–Trinajstić information content (AvgIpc) is 3.08. The minimum atomic E-state index is -0.461. The van der Waals surface area contributed by atoms with Crippen molar-refractivity contribution >= 4 is 29.6 Å². The number of nitrogens with zero attached hydrogens (tertiary/aromatic N) is 5. The smallest absolute Gasteiger partial charge is 0.283 e. The summed E-state index contributed by atoms with van der Waals surface area (Å²) < 4.78 is 1.78. The van der Waals surface area contributed by atoms with Gasteiger partial charge in [-0.05, 0) is 30.0 Å². The number of benzene rings is 1. The molecule has 2 heterocycles. The second-order valence-electron chi connectivity index (χ2n) is 5.35. The van der Waals surface area contributed by atoms with E-state index in [0.717, 1.165) is 0 Å². The van der Waals surface area contributed by atoms with Crippen molar-refractivity contribution in [1.29, 1.82) is 0 Å². The molecule has 0 unspecified atom stereocenters. The molecule has 0 aliphatic rings. The van der Waals surface area contributed by atoms with E-state index in [2.05, 4.69) is 20.5 Å². The zero-order valence-corrected chi connectivity index (χ0v) is 15.0. The van der Waals surface area contributed by atoms with Gasteiger partial charge in [0.05, 0.1) is 21.6 Å². The zero-order valence-electron chi connectivity index (χ0n) is 14.1. The fourth-order valence-corrected chi connectivity index (χ4v) is 3.01. The highest BCUT2D eigenvalue weighted by molar-refractivity contribution is 7.99. The molecule has 0 radical (unpaired) electrons. The van der Waals surface area contributed by atoms with E-state index in [9.17, 15) is 14.9 Å². The number of hydrogen-bond acceptors (Lipinski definition) is 7. The first-order chi connectivity index (χ1) is 13.0. The molecule has 0 saturated carbocycles. The summed E-state index contributed by atoms with van der Waals surface area (Å²) in [7, 11) is 1.81. The number of nitro benzene ring substituents is 1. The van der Waals surface area contributed by atoms with Gasteiger partial charge in [-0.15, -0.1) is 0 Å². The second-order valence-corrected chi connectivity index (χ2v) is 6.36. The minimum Gasteiger partial charge on any atom is -0.329 e. The Morgan fingerprint density at radius 2 is 2.22 bits per heavy atom. The van der Waals surface area contributed by atoms with Crippen molar-refractivity contribution in [1.82, 2.24) is 20.0 Å². The molecule has 3 rings (SSSR count). The monoisotopic (exact) mass is 382 g/mol. The first kappa shape index (κ1) is 18.3. The van der Waals surface area contributed by atoms with E-state index in [1.54, 1.807) is 47.4 Å². The molecule has 1 aromatic carbocycles. The van der Waals surface area contributed by atoms with Gasteiger partial charge in [-0.1, -0.05) is 6.07 Å². The normalized spacial score (nSPS) is 10.9. The summed E-state index contributed by atoms with van der Waals surface area (Å²) in [5.41, 5.74) is 3.14. The lowest BCUT2D eigenvalue weighted by molar-refractivity contribution is -0.387. The first-order valence-electron chi connectivity index (χ1n) is 7.71. The van der Waals surface area contributed by atoms with Gasteiger partial charge in [-0.25, -0.2) is 10.4 Å². The van der Waals surface area contributed by atoms with E-state index >= 15 is 0 Å². The highest BCUT2D eigenvalue weighted by Gasteiger charge is 2.17. The number of aromatic nitrogens is 3. The van der Waals surface area contributed by atoms with Crippen LogP contribution in [0.15, 0.2) is 70.3 Å². The van der Waals surface area contributed by atoms with Crippen LogP contribution in [0.1, 0.15) is 15.9 Å². The summed E-state index contributed by atoms with van der Waals surface area (Å²) in [4.78, 5) is 31.3. The molecule has 1 N–H and O–H groups in total. The molecule has 0 aliphatic carbocycles. The molecular weight excluding hydrogens is 368 g/mol. The van der Waals surface area contributed by atoms with E-state index in [1.807, 2.05) is 7.05 Å². The molecule has 136 valence electrons. The van der Waals surface area contributed by atoms with Gasteiger partial charge in [0.25, 0.3) is 11.6 Å². The summed E-state index contributed by atoms with van der Waals surface area (Å²) >= 11 is 1.20. The molecule has 0 fully saturated rings. The van der Waals surface area contributed by atoms with Crippen molar-refractivity contribution in [2.75, 3.05) is 0 Å². The number of nitro groups is 1. The third-order valence-electron chi connectivity index (χ3n) is 3.46. The van der Waals surface area contributed by atoms with Crippen LogP contribution in [0.3, 0.4) is 0 Å². The van der Waals surface area contributed by atoms with Gasteiger partial charge in [0.1, 0.15) is 0 Å². The van der Waals surface area contributed by atoms with Crippen molar-refractivity contribution in [2.45, 2.75) is 10.1 Å². The maximum absolute atomic E-state index is 11.9. The van der Waals surface area contributed by atoms with E-state index in [1.165, 1.54) is 30.2 Å². The minimum absolute atomic E-state index is 0.0643. The third-order valence-corrected chi connectivity index (χ3v) is 4.60. The molecule has 0 bridgehead atoms. The average molecular weight is 382 g/mol. The SMILES string of the molecule is Cn1ccnc1Sc1ccc(/C=N/NC(=O)c2cccnc2)cc1[N+](=O)[O-]. The Balaban J connectivity index is 1.75. The largest absolute Gasteiger partial charge is 0.329 e. The van der Waals surface area contributed by atoms with Crippen LogP contribution in [-0.4, -0.2) is 31.6 Å². The van der Waals surface area contributed by atoms with Gasteiger partial charge < -0.3 is 4.57 Å². The lowest BCUT2D eigenvalue weighted by Gasteiger charge is -2.04. The van der Waals surface area contributed by atoms with Gasteiger partial charge in [-0.2, -0.15) is 5.10 Å². The number of nitrogens with one attached hydrogen (secondary N) is 1. The third kappa shape index (κ3) is 4.55. The summed E-state index contributed by atoms with van der Waals surface area (Å²) in [6.07, 6.45) is 7.71. The van der Waals surface area contributed by atoms with Crippen molar-refractivity contribution in [3.8, 4) is 0 Å². The Hall–Kier alpha value is -3.53. The van der Waals surface area contributed by atoms with Gasteiger partial charge in [0, 0.05) is 43.5 Å². The van der Waals surface area contributed by atoms with Crippen LogP contribution in [0.2, 0.25) is 0 Å². The van der Waals surface area contributed by atoms with Crippen molar-refractivity contribution < 1.29 is 9.72 Å². The van der Waals surface area contributed by atoms with Gasteiger partial charge in [0.15, 0.2) is 5.16 Å². The standard InChI is InChI=1S/C17H14N6O3S/c1-22-8-7-19-17(22)27-15-5-4-12(9-14(15)23(25)26)10-20-21-16(24)13-3-2-6-18-11-13/h2-11H,1H3,(H,21,24)/b20-10+. The number of carbonyl (C=O) groups excluding carboxylic acids is 1. The van der Waals surface area contributed by atoms with Crippen molar-refractivity contribution in [3.63, 3.8) is 0 Å². The predicted molar refractivity (Wildman–Crippen MR) is 99.7 cm³/mol. The summed E-state index contributed by atoms with van der Waals surface area (Å²) in [6, 6.07) is 7.94. The Morgan fingerprint density at radius 3 is 2.89 bits per heavy atom. The molecule has 1 amide bonds. The number of rotatable bonds is 6. The van der Waals surface area contributed by atoms with Crippen LogP contribution >= 0.6 is 11.8 Å². The molecule has 0 atom stereocenters. The lowest BCUT2D eigenvalue weighted by atomic mass is 10.2. The first-order valence-corrected chi connectivity index (χ1v) is 8.53. The Labute approximate surface area is 158 Å². The number of hydrazone groups is 1. The summed E-state index contributed by atoms with van der Waals surface area (Å²) in [5, 5.41) is 15.9. The molecule has 0 saturated heterocycles. The summed E-state index contributed by atoms with van der Waals surface area (Å²) in [5.74, 6) is -0.421. The number of pyridine rings is 1. The molecule has 0 spiro atoms. The summed E-state index contributed by atoms with van der Waals surface area (Å²) in [6.45, 7) is 0. The molecular formula is C17H14N6O3S. The molecule has 0 aliphatic heterocycles. The van der Waals surface area contributed by atoms with Gasteiger partial charge in [0.2, 0.25) is 0 Å². The maximum Gasteiger partial charge on any atom is 0.283 e. The number of amides is 1. The highest BCUT2D eigenvalue weighted by Crippen LogP contribution is 2.34. The number of imidazole rings is 1. The van der Waals surface area contributed by atoms with Crippen LogP contribution < -0.4 is 5.43 Å². The van der Waals surface area contributed by atoms with Crippen LogP contribution in [0.5, 0.6) is 0 Å². The molecule has 3 aromatic rings. The lowest BCUT2D eigenvalue weighted by Crippen LogP contribution is -2.17. The zero-order chi connectivity index (χ0) is 19.2. The van der Waals surface area contributed by atoms with E-state index in [4.69, 9.17) is 0 Å². The van der Waals surface area contributed by atoms with Crippen molar-refractivity contribution in [3.05, 3.63) is 76.4 Å². The Kier molecular flexibility index (Phi) is 5.57. The van der Waals surface area contributed by atoms with E-state index in [0.29, 0.717) is 21.2 Å². The topological polar surface area (TPSA) is 115 Å². The predicted octanol–water partition coefficient (Wildman–Crippen LogP) is 2.64. The molecule has 10 heteroatoms. The maximum atomic E-state index is 11.9. The van der Waals surface area contributed by atoms with E-state index in [-0.39, 0.29) is 5.69 Å². The molecule has 27 heavy (non-hydrogen) atoms. The fourth-order valence-electron chi connectivity index (χ4n) is 2.12. The Bertz CT molecular complexity index is 1000. The number of hydrogen-bond donors (Lipinski definition) is 1. The number of aryl methyl sites for hydroxylation is 1. The van der Waals surface area contributed by atoms with Crippen LogP contribution in [0, 0.1) is 10.1 Å². The van der Waals surface area contributed by atoms with Crippen LogP contribution in [0.25, 0.3) is 0 Å². The van der Waals surface area contributed by atoms with Crippen LogP contribution in [-0.2, 0) is 7.05 Å². The van der Waals surface area contributed by atoms with E-state index < -0.39 is 10.8 Å². The van der Waals surface area contributed by atoms with Gasteiger partial charge in [-0.3, -0.25) is 19.9 Å². The molecule has 9 nitrogen and oxygen atoms in total. The number of carbonyl (C=O) groups is 1. The quantitative estimate of drug-likeness (QED) is 0.398. The van der Waals surface area contributed by atoms with Crippen LogP contribution in [0.4, 0.5) is 5.69 Å². The van der Waals surface area contributed by atoms with Crippen molar-refractivity contribution in [2.24, 2.45) is 12.1 Å². The second kappa shape index (κ2) is 8.23. The highest BCUT2D eigenvalue weighted by atomic mass is 32.2. The fraction of sp³-hybridized carbons (Fsp3) is 0.0588. The van der Waals surface area contributed by atoms with Gasteiger partial charge >= 0.3 is 0 Å². The Morgan fingerprint density at radius 1 is 1.37 bits per heavy atom. The molecule has 2 aromatic heterocycles.